The summed E-state index contributed by atoms with van der Waals surface area (Å²) in [6, 6.07) is -4.27. The molecule has 26 atom stereocenters. The lowest BCUT2D eigenvalue weighted by Gasteiger charge is -2.50. The topological polar surface area (TPSA) is 483 Å². The first-order valence-electron chi connectivity index (χ1n) is 21.8. The summed E-state index contributed by atoms with van der Waals surface area (Å²) in [5, 5.41) is 167. The van der Waals surface area contributed by atoms with Crippen molar-refractivity contribution in [1.82, 2.24) is 16.0 Å². The summed E-state index contributed by atoms with van der Waals surface area (Å²) < 4.78 is 57.0. The van der Waals surface area contributed by atoms with Gasteiger partial charge in [-0.1, -0.05) is 0 Å². The number of carbonyl (C=O) groups excluding carboxylic acids is 3. The molecular formula is C38H65N3O28. The molecule has 5 saturated heterocycles. The van der Waals surface area contributed by atoms with Gasteiger partial charge >= 0.3 is 0 Å². The van der Waals surface area contributed by atoms with Gasteiger partial charge in [0.15, 0.2) is 31.5 Å². The fourth-order valence-corrected chi connectivity index (χ4v) is 8.42. The molecule has 0 aromatic carbocycles. The van der Waals surface area contributed by atoms with Crippen LogP contribution in [0, 0.1) is 0 Å². The third kappa shape index (κ3) is 13.2. The van der Waals surface area contributed by atoms with Crippen LogP contribution in [0.4, 0.5) is 0 Å². The SMILES string of the molecule is CC(=O)N[C@H]1[C@H](O[C@H]2[C@@H](O)[C@@H](CO)O[C@@H](O[C@H]3[C@H](O)[C@@H](O)[C@H](OC[C@@H](CO)NC=O)O[C@@H]3CO)[C@@H]2O)O[C@H](CO)[C@@H](O[C@@H]2O[C@H](CO)[C@H](O)[C@H](O[C@H]3O[C@H](CO)[C@H](O)[C@H](O)[C@H]3NC(C)=O)[C@H]2O)[C@@H]1O. The molecule has 3 amide bonds. The van der Waals surface area contributed by atoms with E-state index in [1.165, 1.54) is 0 Å². The smallest absolute Gasteiger partial charge is 0.217 e. The highest BCUT2D eigenvalue weighted by Crippen LogP contribution is 2.36. The Morgan fingerprint density at radius 1 is 0.464 bits per heavy atom. The Labute approximate surface area is 391 Å². The number of ether oxygens (including phenoxy) is 10. The highest BCUT2D eigenvalue weighted by atomic mass is 16.8. The van der Waals surface area contributed by atoms with Crippen LogP contribution in [0.15, 0.2) is 0 Å². The molecule has 0 radical (unpaired) electrons. The first kappa shape index (κ1) is 57.3. The number of amides is 3. The Morgan fingerprint density at radius 2 is 0.841 bits per heavy atom. The van der Waals surface area contributed by atoms with E-state index in [9.17, 15) is 91.0 Å². The summed E-state index contributed by atoms with van der Waals surface area (Å²) in [5.74, 6) is -1.57. The Hall–Kier alpha value is -2.59. The summed E-state index contributed by atoms with van der Waals surface area (Å²) in [4.78, 5) is 35.4. The lowest BCUT2D eigenvalue weighted by atomic mass is 9.94. The van der Waals surface area contributed by atoms with Gasteiger partial charge in [-0.25, -0.2) is 0 Å². The van der Waals surface area contributed by atoms with Gasteiger partial charge in [0.25, 0.3) is 0 Å². The minimum Gasteiger partial charge on any atom is -0.394 e. The lowest BCUT2D eigenvalue weighted by molar-refractivity contribution is -0.385. The average Bonchev–Trinajstić information content (AvgIpc) is 3.32. The van der Waals surface area contributed by atoms with Crippen molar-refractivity contribution in [2.75, 3.05) is 46.2 Å². The second kappa shape index (κ2) is 25.9. The van der Waals surface area contributed by atoms with Crippen LogP contribution in [-0.4, -0.2) is 301 Å². The predicted octanol–water partition coefficient (Wildman–Crippen LogP) is -12.5. The summed E-state index contributed by atoms with van der Waals surface area (Å²) in [5.41, 5.74) is 0. The van der Waals surface area contributed by atoms with E-state index in [4.69, 9.17) is 47.4 Å². The molecule has 31 heteroatoms. The van der Waals surface area contributed by atoms with Crippen molar-refractivity contribution in [3.63, 3.8) is 0 Å². The molecule has 0 aliphatic carbocycles. The first-order valence-corrected chi connectivity index (χ1v) is 21.8. The van der Waals surface area contributed by atoms with E-state index in [2.05, 4.69) is 16.0 Å². The molecule has 5 aliphatic heterocycles. The number of nitrogens with one attached hydrogen (secondary N) is 3. The van der Waals surface area contributed by atoms with Gasteiger partial charge in [-0.3, -0.25) is 14.4 Å². The maximum Gasteiger partial charge on any atom is 0.217 e. The van der Waals surface area contributed by atoms with Crippen LogP contribution >= 0.6 is 0 Å². The van der Waals surface area contributed by atoms with Crippen LogP contribution in [0.3, 0.4) is 0 Å². The number of hydrogen-bond acceptors (Lipinski definition) is 28. The van der Waals surface area contributed by atoms with Gasteiger partial charge in [-0.2, -0.15) is 0 Å². The Balaban J connectivity index is 1.34. The average molecular weight is 1010 g/mol. The molecule has 31 nitrogen and oxygen atoms in total. The van der Waals surface area contributed by atoms with Crippen molar-refractivity contribution < 1.29 is 138 Å². The summed E-state index contributed by atoms with van der Waals surface area (Å²) >= 11 is 0. The zero-order chi connectivity index (χ0) is 51.0. The molecule has 0 spiro atoms. The number of hydrogen-bond donors (Lipinski definition) is 18. The second-order valence-corrected chi connectivity index (χ2v) is 16.9. The molecule has 0 bridgehead atoms. The highest BCUT2D eigenvalue weighted by molar-refractivity contribution is 5.73. The van der Waals surface area contributed by atoms with Gasteiger partial charge in [0.1, 0.15) is 122 Å². The van der Waals surface area contributed by atoms with Crippen LogP contribution in [0.25, 0.3) is 0 Å². The van der Waals surface area contributed by atoms with E-state index < -0.39 is 218 Å². The second-order valence-electron chi connectivity index (χ2n) is 16.9. The normalized spacial score (nSPS) is 45.6. The molecule has 18 N–H and O–H groups in total. The van der Waals surface area contributed by atoms with E-state index in [1.54, 1.807) is 0 Å². The number of carbonyl (C=O) groups is 3. The molecule has 0 aromatic rings. The van der Waals surface area contributed by atoms with Crippen molar-refractivity contribution in [2.45, 2.75) is 173 Å². The van der Waals surface area contributed by atoms with Crippen LogP contribution in [0.2, 0.25) is 0 Å². The van der Waals surface area contributed by atoms with Crippen LogP contribution in [-0.2, 0) is 61.8 Å². The molecule has 400 valence electrons. The summed E-state index contributed by atoms with van der Waals surface area (Å²) in [6.45, 7) is -3.64. The van der Waals surface area contributed by atoms with E-state index in [0.29, 0.717) is 0 Å². The van der Waals surface area contributed by atoms with Gasteiger partial charge in [0.2, 0.25) is 18.2 Å². The van der Waals surface area contributed by atoms with E-state index in [-0.39, 0.29) is 6.41 Å². The van der Waals surface area contributed by atoms with E-state index in [1.807, 2.05) is 0 Å². The maximum atomic E-state index is 12.6. The van der Waals surface area contributed by atoms with Gasteiger partial charge < -0.3 is 140 Å². The molecule has 5 rings (SSSR count). The quantitative estimate of drug-likeness (QED) is 0.0475. The van der Waals surface area contributed by atoms with Crippen molar-refractivity contribution >= 4 is 18.2 Å². The Kier molecular flexibility index (Phi) is 21.5. The third-order valence-electron chi connectivity index (χ3n) is 12.1. The molecule has 0 unspecified atom stereocenters. The monoisotopic (exact) mass is 1010 g/mol. The van der Waals surface area contributed by atoms with Crippen molar-refractivity contribution in [1.29, 1.82) is 0 Å². The molecule has 0 saturated carbocycles. The Bertz CT molecular complexity index is 1610. The predicted molar refractivity (Wildman–Crippen MR) is 214 cm³/mol. The van der Waals surface area contributed by atoms with Gasteiger partial charge in [-0.15, -0.1) is 0 Å². The van der Waals surface area contributed by atoms with Gasteiger partial charge in [-0.05, 0) is 0 Å². The van der Waals surface area contributed by atoms with E-state index >= 15 is 0 Å². The fourth-order valence-electron chi connectivity index (χ4n) is 8.42. The zero-order valence-corrected chi connectivity index (χ0v) is 37.1. The summed E-state index contributed by atoms with van der Waals surface area (Å²) in [7, 11) is 0. The minimum absolute atomic E-state index is 0.285. The molecule has 5 heterocycles. The first-order chi connectivity index (χ1) is 32.8. The van der Waals surface area contributed by atoms with Gasteiger partial charge in [0, 0.05) is 13.8 Å². The largest absolute Gasteiger partial charge is 0.394 e. The number of aliphatic hydroxyl groups excluding tert-OH is 15. The highest BCUT2D eigenvalue weighted by Gasteiger charge is 2.57. The van der Waals surface area contributed by atoms with Crippen molar-refractivity contribution in [2.24, 2.45) is 0 Å². The molecule has 5 aliphatic rings. The van der Waals surface area contributed by atoms with Crippen molar-refractivity contribution in [3.05, 3.63) is 0 Å². The molecule has 69 heavy (non-hydrogen) atoms. The molecule has 5 fully saturated rings. The zero-order valence-electron chi connectivity index (χ0n) is 37.1. The number of aliphatic hydroxyl groups is 15. The van der Waals surface area contributed by atoms with Crippen molar-refractivity contribution in [3.8, 4) is 0 Å². The third-order valence-corrected chi connectivity index (χ3v) is 12.1. The van der Waals surface area contributed by atoms with Crippen LogP contribution in [0.1, 0.15) is 13.8 Å². The van der Waals surface area contributed by atoms with Crippen LogP contribution in [0.5, 0.6) is 0 Å². The lowest BCUT2D eigenvalue weighted by Crippen LogP contribution is -2.70. The number of rotatable bonds is 21. The van der Waals surface area contributed by atoms with E-state index in [0.717, 1.165) is 13.8 Å². The molecular weight excluding hydrogens is 946 g/mol. The molecule has 0 aromatic heterocycles. The summed E-state index contributed by atoms with van der Waals surface area (Å²) in [6.07, 6.45) is -42.2. The minimum atomic E-state index is -2.14. The maximum absolute atomic E-state index is 12.6. The van der Waals surface area contributed by atoms with Gasteiger partial charge in [0.05, 0.1) is 52.3 Å². The standard InChI is InChI=1S/C38H65N3O28/c1-11(49)40-19-24(54)21(51)14(4-43)61-34(19)68-32-22(52)15(5-44)62-37(28(32)58)66-30-17(7-46)64-35(20(25(30)55)41-12(2)50)69-33-23(53)16(6-45)63-38(29(33)59)67-31-18(8-47)65-36(27(57)26(31)56)60-9-13(3-42)39-10-48/h10,13-38,42-47,51-59H,3-9H2,1-2H3,(H,39,48)(H,40,49)(H,41,50)/t13-,14-,15-,16-,17-,18-,19-,20-,21+,22+,23+,24-,25-,26-,27-,28-,29-,30-,31-,32+,33+,34-,35+,36-,37+,38+/m1/s1. The Morgan fingerprint density at radius 3 is 1.26 bits per heavy atom. The fraction of sp³-hybridized carbons (Fsp3) is 0.921. The van der Waals surface area contributed by atoms with Crippen LogP contribution < -0.4 is 16.0 Å².